The van der Waals surface area contributed by atoms with E-state index in [2.05, 4.69) is 25.4 Å². The molecule has 0 unspecified atom stereocenters. The standard InChI is InChI=1S/C30H25N7O3S/c38-23-18-21-8-4-5-9-22(21)24(19-6-2-1-3-7-19)32-26(23)34-30-36-35-27(40-30)25-29(37-14-16-39-17-15-37)41-28(33-25)20-10-12-31-13-11-20/h1-13,26H,14-18H2,(H,34,36)/t26-/m1/s1. The molecular weight excluding hydrogens is 538 g/mol. The number of hydrogen-bond acceptors (Lipinski definition) is 11. The van der Waals surface area contributed by atoms with Crippen molar-refractivity contribution < 1.29 is 13.9 Å². The number of pyridine rings is 1. The monoisotopic (exact) mass is 563 g/mol. The van der Waals surface area contributed by atoms with Gasteiger partial charge in [-0.15, -0.1) is 5.10 Å². The number of benzene rings is 2. The Morgan fingerprint density at radius 1 is 0.902 bits per heavy atom. The van der Waals surface area contributed by atoms with Gasteiger partial charge in [0.1, 0.15) is 10.0 Å². The van der Waals surface area contributed by atoms with Gasteiger partial charge in [0.2, 0.25) is 0 Å². The first-order valence-electron chi connectivity index (χ1n) is 13.3. The summed E-state index contributed by atoms with van der Waals surface area (Å²) in [5.41, 5.74) is 5.07. The summed E-state index contributed by atoms with van der Waals surface area (Å²) in [6.07, 6.45) is 2.82. The number of hydrogen-bond donors (Lipinski definition) is 1. The maximum atomic E-state index is 13.4. The number of morpholine rings is 1. The fourth-order valence-electron chi connectivity index (χ4n) is 4.94. The third kappa shape index (κ3) is 5.12. The second-order valence-electron chi connectivity index (χ2n) is 9.61. The lowest BCUT2D eigenvalue weighted by Crippen LogP contribution is -2.35. The van der Waals surface area contributed by atoms with E-state index in [9.17, 15) is 4.79 Å². The highest BCUT2D eigenvalue weighted by Gasteiger charge is 2.29. The first-order chi connectivity index (χ1) is 20.2. The zero-order chi connectivity index (χ0) is 27.6. The van der Waals surface area contributed by atoms with E-state index in [0.29, 0.717) is 18.9 Å². The van der Waals surface area contributed by atoms with Crippen LogP contribution in [0.4, 0.5) is 11.0 Å². The number of carbonyl (C=O) groups is 1. The highest BCUT2D eigenvalue weighted by Crippen LogP contribution is 2.40. The SMILES string of the molecule is O=C1Cc2ccccc2C(c2ccccc2)=N[C@@H]1Nc1nnc(-c2nc(-c3ccncc3)sc2N2CCOCC2)o1. The molecule has 10 nitrogen and oxygen atoms in total. The van der Waals surface area contributed by atoms with Crippen LogP contribution in [0.3, 0.4) is 0 Å². The Hall–Kier alpha value is -4.74. The summed E-state index contributed by atoms with van der Waals surface area (Å²) in [7, 11) is 0. The van der Waals surface area contributed by atoms with Crippen LogP contribution in [0.25, 0.3) is 22.2 Å². The largest absolute Gasteiger partial charge is 0.402 e. The molecule has 0 aliphatic carbocycles. The Bertz CT molecular complexity index is 1710. The molecule has 1 N–H and O–H groups in total. The van der Waals surface area contributed by atoms with Crippen LogP contribution in [-0.4, -0.2) is 64.1 Å². The zero-order valence-electron chi connectivity index (χ0n) is 21.9. The number of carbonyl (C=O) groups excluding carboxylic acids is 1. The third-order valence-electron chi connectivity index (χ3n) is 6.97. The average Bonchev–Trinajstić information content (AvgIpc) is 3.65. The van der Waals surface area contributed by atoms with Crippen molar-refractivity contribution in [3.8, 4) is 22.2 Å². The van der Waals surface area contributed by atoms with Crippen molar-refractivity contribution in [2.24, 2.45) is 4.99 Å². The minimum absolute atomic E-state index is 0.0919. The first kappa shape index (κ1) is 25.2. The number of Topliss-reactive ketones (excluding diaryl/α,β-unsaturated/α-hetero) is 1. The van der Waals surface area contributed by atoms with Gasteiger partial charge >= 0.3 is 6.01 Å². The van der Waals surface area contributed by atoms with Crippen molar-refractivity contribution in [3.05, 3.63) is 95.8 Å². The Labute approximate surface area is 239 Å². The summed E-state index contributed by atoms with van der Waals surface area (Å²) < 4.78 is 11.6. The molecule has 2 aliphatic rings. The molecule has 1 fully saturated rings. The number of aliphatic imine (C=N–C) groups is 1. The van der Waals surface area contributed by atoms with Crippen LogP contribution in [0.5, 0.6) is 0 Å². The number of aromatic nitrogens is 4. The molecule has 11 heteroatoms. The topological polar surface area (TPSA) is 119 Å². The first-order valence-corrected chi connectivity index (χ1v) is 14.1. The van der Waals surface area contributed by atoms with Gasteiger partial charge in [-0.2, -0.15) is 0 Å². The molecule has 0 radical (unpaired) electrons. The summed E-state index contributed by atoms with van der Waals surface area (Å²) in [5, 5.41) is 13.4. The van der Waals surface area contributed by atoms with E-state index in [1.807, 2.05) is 66.7 Å². The summed E-state index contributed by atoms with van der Waals surface area (Å²) in [4.78, 5) is 29.5. The van der Waals surface area contributed by atoms with E-state index in [1.54, 1.807) is 23.7 Å². The van der Waals surface area contributed by atoms with Crippen LogP contribution in [0.1, 0.15) is 16.7 Å². The van der Waals surface area contributed by atoms with E-state index >= 15 is 0 Å². The van der Waals surface area contributed by atoms with Crippen LogP contribution >= 0.6 is 11.3 Å². The van der Waals surface area contributed by atoms with Gasteiger partial charge in [-0.05, 0) is 17.7 Å². The van der Waals surface area contributed by atoms with E-state index < -0.39 is 6.17 Å². The smallest absolute Gasteiger partial charge is 0.317 e. The normalized spacial score (nSPS) is 17.1. The van der Waals surface area contributed by atoms with Crippen LogP contribution in [0, 0.1) is 0 Å². The minimum atomic E-state index is -0.896. The number of anilines is 2. The van der Waals surface area contributed by atoms with E-state index in [4.69, 9.17) is 19.1 Å². The van der Waals surface area contributed by atoms with Crippen molar-refractivity contribution in [1.29, 1.82) is 0 Å². The van der Waals surface area contributed by atoms with E-state index in [1.165, 1.54) is 0 Å². The lowest BCUT2D eigenvalue weighted by Gasteiger charge is -2.27. The Kier molecular flexibility index (Phi) is 6.79. The van der Waals surface area contributed by atoms with Gasteiger partial charge in [0, 0.05) is 48.6 Å². The van der Waals surface area contributed by atoms with Gasteiger partial charge in [-0.1, -0.05) is 71.0 Å². The van der Waals surface area contributed by atoms with Crippen molar-refractivity contribution in [2.45, 2.75) is 12.6 Å². The second-order valence-corrected chi connectivity index (χ2v) is 10.6. The molecule has 0 saturated carbocycles. The highest BCUT2D eigenvalue weighted by molar-refractivity contribution is 7.19. The molecule has 1 atom stereocenters. The zero-order valence-corrected chi connectivity index (χ0v) is 22.8. The minimum Gasteiger partial charge on any atom is -0.402 e. The molecule has 5 aromatic rings. The molecule has 0 bridgehead atoms. The molecule has 41 heavy (non-hydrogen) atoms. The fourth-order valence-corrected chi connectivity index (χ4v) is 6.06. The molecule has 5 heterocycles. The molecule has 0 amide bonds. The highest BCUT2D eigenvalue weighted by atomic mass is 32.1. The van der Waals surface area contributed by atoms with Gasteiger partial charge in [0.05, 0.1) is 18.9 Å². The number of nitrogens with one attached hydrogen (secondary N) is 1. The maximum Gasteiger partial charge on any atom is 0.317 e. The van der Waals surface area contributed by atoms with Crippen molar-refractivity contribution >= 4 is 33.8 Å². The molecule has 1 saturated heterocycles. The Balaban J connectivity index is 1.23. The molecule has 2 aliphatic heterocycles. The van der Waals surface area contributed by atoms with Crippen LogP contribution in [0.15, 0.2) is 88.5 Å². The average molecular weight is 564 g/mol. The molecule has 7 rings (SSSR count). The summed E-state index contributed by atoms with van der Waals surface area (Å²) in [5.74, 6) is 0.174. The van der Waals surface area contributed by atoms with E-state index in [0.717, 1.165) is 51.1 Å². The van der Waals surface area contributed by atoms with Gasteiger partial charge in [-0.25, -0.2) is 4.98 Å². The number of fused-ring (bicyclic) bond motifs is 1. The molecular formula is C30H25N7O3S. The van der Waals surface area contributed by atoms with Gasteiger partial charge in [0.25, 0.3) is 5.89 Å². The van der Waals surface area contributed by atoms with Crippen molar-refractivity contribution in [3.63, 3.8) is 0 Å². The summed E-state index contributed by atoms with van der Waals surface area (Å²) in [6, 6.07) is 21.7. The van der Waals surface area contributed by atoms with Crippen LogP contribution in [-0.2, 0) is 16.0 Å². The fraction of sp³-hybridized carbons (Fsp3) is 0.200. The Morgan fingerprint density at radius 2 is 1.68 bits per heavy atom. The predicted molar refractivity (Wildman–Crippen MR) is 156 cm³/mol. The summed E-state index contributed by atoms with van der Waals surface area (Å²) >= 11 is 1.56. The molecule has 0 spiro atoms. The summed E-state index contributed by atoms with van der Waals surface area (Å²) in [6.45, 7) is 2.73. The lowest BCUT2D eigenvalue weighted by molar-refractivity contribution is -0.119. The number of rotatable bonds is 6. The molecule has 3 aromatic heterocycles. The van der Waals surface area contributed by atoms with E-state index in [-0.39, 0.29) is 24.1 Å². The Morgan fingerprint density at radius 3 is 2.51 bits per heavy atom. The molecule has 204 valence electrons. The van der Waals surface area contributed by atoms with Gasteiger partial charge in [-0.3, -0.25) is 14.8 Å². The lowest BCUT2D eigenvalue weighted by atomic mass is 9.96. The van der Waals surface area contributed by atoms with Gasteiger partial charge in [0.15, 0.2) is 17.6 Å². The number of ether oxygens (including phenoxy) is 1. The second kappa shape index (κ2) is 11.0. The number of ketones is 1. The third-order valence-corrected chi connectivity index (χ3v) is 8.14. The van der Waals surface area contributed by atoms with Crippen molar-refractivity contribution in [2.75, 3.05) is 36.5 Å². The maximum absolute atomic E-state index is 13.4. The van der Waals surface area contributed by atoms with Gasteiger partial charge < -0.3 is 19.4 Å². The van der Waals surface area contributed by atoms with Crippen molar-refractivity contribution in [1.82, 2.24) is 20.2 Å². The molecule has 2 aromatic carbocycles. The number of thiazole rings is 1. The number of nitrogens with zero attached hydrogens (tertiary/aromatic N) is 6. The quantitative estimate of drug-likeness (QED) is 0.319. The van der Waals surface area contributed by atoms with Crippen LogP contribution < -0.4 is 10.2 Å². The predicted octanol–water partition coefficient (Wildman–Crippen LogP) is 4.49. The van der Waals surface area contributed by atoms with Crippen LogP contribution in [0.2, 0.25) is 0 Å².